The standard InChI is InChI=1S/C17H12F2N2O/c18-15-7-6-13(9-16(15)19)8-14(10-20)17(22)21-11-12-4-2-1-3-5-12/h1-9H,11H2,(H,21,22). The lowest BCUT2D eigenvalue weighted by molar-refractivity contribution is -0.117. The van der Waals surface area contributed by atoms with Crippen molar-refractivity contribution in [2.75, 3.05) is 0 Å². The molecule has 1 amide bonds. The van der Waals surface area contributed by atoms with Crippen molar-refractivity contribution < 1.29 is 13.6 Å². The smallest absolute Gasteiger partial charge is 0.262 e. The van der Waals surface area contributed by atoms with Crippen LogP contribution in [0.5, 0.6) is 0 Å². The fraction of sp³-hybridized carbons (Fsp3) is 0.0588. The maximum absolute atomic E-state index is 13.1. The first-order valence-corrected chi connectivity index (χ1v) is 6.49. The Balaban J connectivity index is 2.10. The third-order valence-electron chi connectivity index (χ3n) is 2.92. The highest BCUT2D eigenvalue weighted by atomic mass is 19.2. The lowest BCUT2D eigenvalue weighted by Gasteiger charge is -2.04. The summed E-state index contributed by atoms with van der Waals surface area (Å²) in [6.45, 7) is 0.274. The normalized spacial score (nSPS) is 10.9. The van der Waals surface area contributed by atoms with E-state index in [4.69, 9.17) is 5.26 Å². The molecule has 5 heteroatoms. The Morgan fingerprint density at radius 2 is 1.86 bits per heavy atom. The van der Waals surface area contributed by atoms with E-state index in [0.717, 1.165) is 17.7 Å². The predicted octanol–water partition coefficient (Wildman–Crippen LogP) is 3.19. The van der Waals surface area contributed by atoms with Gasteiger partial charge in [-0.25, -0.2) is 8.78 Å². The average molecular weight is 298 g/mol. The molecular formula is C17H12F2N2O. The Labute approximate surface area is 126 Å². The van der Waals surface area contributed by atoms with Crippen molar-refractivity contribution in [3.63, 3.8) is 0 Å². The molecule has 0 fully saturated rings. The number of hydrogen-bond donors (Lipinski definition) is 1. The van der Waals surface area contributed by atoms with Crippen LogP contribution in [0.25, 0.3) is 6.08 Å². The summed E-state index contributed by atoms with van der Waals surface area (Å²) < 4.78 is 26.0. The summed E-state index contributed by atoms with van der Waals surface area (Å²) in [5.41, 5.74) is 0.952. The van der Waals surface area contributed by atoms with Gasteiger partial charge in [-0.05, 0) is 29.3 Å². The van der Waals surface area contributed by atoms with Crippen molar-refractivity contribution in [2.24, 2.45) is 0 Å². The van der Waals surface area contributed by atoms with E-state index in [1.807, 2.05) is 30.3 Å². The van der Waals surface area contributed by atoms with Crippen molar-refractivity contribution in [1.82, 2.24) is 5.32 Å². The van der Waals surface area contributed by atoms with Gasteiger partial charge in [0.1, 0.15) is 11.6 Å². The summed E-state index contributed by atoms with van der Waals surface area (Å²) in [5.74, 6) is -2.59. The Kier molecular flexibility index (Phi) is 4.99. The van der Waals surface area contributed by atoms with Crippen molar-refractivity contribution in [3.05, 3.63) is 76.9 Å². The Morgan fingerprint density at radius 3 is 2.50 bits per heavy atom. The molecule has 0 saturated carbocycles. The Hall–Kier alpha value is -3.00. The maximum atomic E-state index is 13.1. The molecule has 0 spiro atoms. The van der Waals surface area contributed by atoms with Crippen LogP contribution in [0.2, 0.25) is 0 Å². The van der Waals surface area contributed by atoms with E-state index in [9.17, 15) is 13.6 Å². The molecule has 22 heavy (non-hydrogen) atoms. The van der Waals surface area contributed by atoms with Crippen molar-refractivity contribution in [1.29, 1.82) is 5.26 Å². The van der Waals surface area contributed by atoms with Crippen LogP contribution in [-0.4, -0.2) is 5.91 Å². The molecule has 0 saturated heterocycles. The van der Waals surface area contributed by atoms with Crippen LogP contribution in [0.4, 0.5) is 8.78 Å². The van der Waals surface area contributed by atoms with Crippen molar-refractivity contribution >= 4 is 12.0 Å². The van der Waals surface area contributed by atoms with E-state index in [-0.39, 0.29) is 17.7 Å². The Bertz CT molecular complexity index is 749. The van der Waals surface area contributed by atoms with Crippen LogP contribution in [0.15, 0.2) is 54.1 Å². The first kappa shape index (κ1) is 15.4. The van der Waals surface area contributed by atoms with Gasteiger partial charge in [-0.15, -0.1) is 0 Å². The first-order chi connectivity index (χ1) is 10.6. The predicted molar refractivity (Wildman–Crippen MR) is 78.2 cm³/mol. The molecule has 2 aromatic carbocycles. The highest BCUT2D eigenvalue weighted by Gasteiger charge is 2.09. The van der Waals surface area contributed by atoms with Gasteiger partial charge in [-0.2, -0.15) is 5.26 Å². The number of nitrogens with zero attached hydrogens (tertiary/aromatic N) is 1. The lowest BCUT2D eigenvalue weighted by atomic mass is 10.1. The minimum atomic E-state index is -1.03. The number of halogens is 2. The molecule has 0 heterocycles. The molecule has 2 aromatic rings. The third-order valence-corrected chi connectivity index (χ3v) is 2.92. The monoisotopic (exact) mass is 298 g/mol. The molecule has 1 N–H and O–H groups in total. The summed E-state index contributed by atoms with van der Waals surface area (Å²) in [6.07, 6.45) is 1.21. The van der Waals surface area contributed by atoms with Crippen LogP contribution in [0.3, 0.4) is 0 Å². The number of carbonyl (C=O) groups is 1. The lowest BCUT2D eigenvalue weighted by Crippen LogP contribution is -2.23. The summed E-state index contributed by atoms with van der Waals surface area (Å²) in [5, 5.41) is 11.6. The minimum absolute atomic E-state index is 0.179. The quantitative estimate of drug-likeness (QED) is 0.696. The number of benzene rings is 2. The number of nitrogens with one attached hydrogen (secondary N) is 1. The van der Waals surface area contributed by atoms with E-state index in [1.54, 1.807) is 6.07 Å². The Morgan fingerprint density at radius 1 is 1.14 bits per heavy atom. The zero-order valence-electron chi connectivity index (χ0n) is 11.5. The summed E-state index contributed by atoms with van der Waals surface area (Å²) in [7, 11) is 0. The summed E-state index contributed by atoms with van der Waals surface area (Å²) >= 11 is 0. The van der Waals surface area contributed by atoms with Gasteiger partial charge >= 0.3 is 0 Å². The summed E-state index contributed by atoms with van der Waals surface area (Å²) in [6, 6.07) is 14.1. The zero-order chi connectivity index (χ0) is 15.9. The molecule has 0 atom stereocenters. The van der Waals surface area contributed by atoms with Gasteiger partial charge in [0, 0.05) is 6.54 Å². The molecule has 110 valence electrons. The van der Waals surface area contributed by atoms with Gasteiger partial charge in [-0.3, -0.25) is 4.79 Å². The minimum Gasteiger partial charge on any atom is -0.347 e. The second kappa shape index (κ2) is 7.14. The second-order valence-corrected chi connectivity index (χ2v) is 4.51. The van der Waals surface area contributed by atoms with Gasteiger partial charge in [0.05, 0.1) is 0 Å². The fourth-order valence-corrected chi connectivity index (χ4v) is 1.79. The molecule has 0 aliphatic carbocycles. The van der Waals surface area contributed by atoms with Crippen molar-refractivity contribution in [2.45, 2.75) is 6.54 Å². The first-order valence-electron chi connectivity index (χ1n) is 6.49. The highest BCUT2D eigenvalue weighted by molar-refractivity contribution is 6.01. The van der Waals surface area contributed by atoms with E-state index in [1.165, 1.54) is 12.1 Å². The van der Waals surface area contributed by atoms with Crippen LogP contribution in [0, 0.1) is 23.0 Å². The van der Waals surface area contributed by atoms with E-state index < -0.39 is 17.5 Å². The van der Waals surface area contributed by atoms with E-state index >= 15 is 0 Å². The van der Waals surface area contributed by atoms with Gasteiger partial charge < -0.3 is 5.32 Å². The van der Waals surface area contributed by atoms with Gasteiger partial charge in [0.15, 0.2) is 11.6 Å². The molecule has 2 rings (SSSR count). The number of rotatable bonds is 4. The molecule has 3 nitrogen and oxygen atoms in total. The molecule has 0 unspecified atom stereocenters. The van der Waals surface area contributed by atoms with Crippen LogP contribution >= 0.6 is 0 Å². The molecular weight excluding hydrogens is 286 g/mol. The van der Waals surface area contributed by atoms with Gasteiger partial charge in [0.25, 0.3) is 5.91 Å². The maximum Gasteiger partial charge on any atom is 0.262 e. The SMILES string of the molecule is N#CC(=Cc1ccc(F)c(F)c1)C(=O)NCc1ccccc1. The average Bonchev–Trinajstić information content (AvgIpc) is 2.54. The van der Waals surface area contributed by atoms with E-state index in [2.05, 4.69) is 5.32 Å². The molecule has 0 aliphatic rings. The fourth-order valence-electron chi connectivity index (χ4n) is 1.79. The second-order valence-electron chi connectivity index (χ2n) is 4.51. The van der Waals surface area contributed by atoms with Crippen LogP contribution in [-0.2, 0) is 11.3 Å². The highest BCUT2D eigenvalue weighted by Crippen LogP contribution is 2.12. The molecule has 0 bridgehead atoms. The third kappa shape index (κ3) is 4.00. The number of carbonyl (C=O) groups excluding carboxylic acids is 1. The largest absolute Gasteiger partial charge is 0.347 e. The summed E-state index contributed by atoms with van der Waals surface area (Å²) in [4.78, 5) is 11.9. The van der Waals surface area contributed by atoms with Gasteiger partial charge in [0.2, 0.25) is 0 Å². The molecule has 0 aromatic heterocycles. The number of amides is 1. The van der Waals surface area contributed by atoms with E-state index in [0.29, 0.717) is 0 Å². The number of nitriles is 1. The van der Waals surface area contributed by atoms with Crippen LogP contribution < -0.4 is 5.32 Å². The molecule has 0 aliphatic heterocycles. The topological polar surface area (TPSA) is 52.9 Å². The van der Waals surface area contributed by atoms with Crippen molar-refractivity contribution in [3.8, 4) is 6.07 Å². The molecule has 0 radical (unpaired) electrons. The zero-order valence-corrected chi connectivity index (χ0v) is 11.5. The number of hydrogen-bond acceptors (Lipinski definition) is 2. The van der Waals surface area contributed by atoms with Gasteiger partial charge in [-0.1, -0.05) is 36.4 Å². The van der Waals surface area contributed by atoms with Crippen LogP contribution in [0.1, 0.15) is 11.1 Å².